The van der Waals surface area contributed by atoms with Gasteiger partial charge in [-0.1, -0.05) is 17.5 Å². The first-order chi connectivity index (χ1) is 5.27. The Labute approximate surface area is 70.2 Å². The van der Waals surface area contributed by atoms with E-state index in [4.69, 9.17) is 22.8 Å². The summed E-state index contributed by atoms with van der Waals surface area (Å²) < 4.78 is 4.85. The molecule has 0 radical (unpaired) electrons. The number of methoxy groups -OCH3 is 1. The number of aromatic nitrogens is 1. The molecule has 0 N–H and O–H groups in total. The summed E-state index contributed by atoms with van der Waals surface area (Å²) in [5.74, 6) is 2.74. The minimum Gasteiger partial charge on any atom is -0.480 e. The third-order valence-corrected chi connectivity index (χ3v) is 1.44. The fourth-order valence-corrected chi connectivity index (χ4v) is 0.829. The van der Waals surface area contributed by atoms with Crippen LogP contribution in [0.4, 0.5) is 0 Å². The fourth-order valence-electron chi connectivity index (χ4n) is 0.647. The van der Waals surface area contributed by atoms with Crippen molar-refractivity contribution in [2.24, 2.45) is 0 Å². The molecule has 0 aliphatic carbocycles. The van der Waals surface area contributed by atoms with Crippen molar-refractivity contribution < 1.29 is 4.74 Å². The summed E-state index contributed by atoms with van der Waals surface area (Å²) in [4.78, 5) is 3.92. The molecule has 1 heterocycles. The van der Waals surface area contributed by atoms with E-state index in [-0.39, 0.29) is 0 Å². The van der Waals surface area contributed by atoms with Crippen molar-refractivity contribution in [2.75, 3.05) is 7.11 Å². The molecule has 1 aromatic rings. The molecule has 2 nitrogen and oxygen atoms in total. The van der Waals surface area contributed by atoms with Crippen molar-refractivity contribution >= 4 is 11.6 Å². The highest BCUT2D eigenvalue weighted by Crippen LogP contribution is 2.20. The average molecular weight is 168 g/mol. The fraction of sp³-hybridized carbons (Fsp3) is 0.125. The molecule has 1 rings (SSSR count). The van der Waals surface area contributed by atoms with Crippen LogP contribution < -0.4 is 4.74 Å². The maximum atomic E-state index is 5.70. The third kappa shape index (κ3) is 1.63. The summed E-state index contributed by atoms with van der Waals surface area (Å²) in [6.07, 6.45) is 5.11. The molecule has 3 heteroatoms. The highest BCUT2D eigenvalue weighted by atomic mass is 35.5. The molecule has 0 atom stereocenters. The molecule has 0 fully saturated rings. The first-order valence-corrected chi connectivity index (χ1v) is 3.33. The van der Waals surface area contributed by atoms with Gasteiger partial charge < -0.3 is 4.74 Å². The molecule has 11 heavy (non-hydrogen) atoms. The Hall–Kier alpha value is -1.20. The zero-order chi connectivity index (χ0) is 8.27. The van der Waals surface area contributed by atoms with Gasteiger partial charge in [-0.05, 0) is 12.1 Å². The summed E-state index contributed by atoms with van der Waals surface area (Å²) in [6, 6.07) is 3.31. The maximum absolute atomic E-state index is 5.70. The van der Waals surface area contributed by atoms with Crippen LogP contribution in [0.5, 0.6) is 5.88 Å². The van der Waals surface area contributed by atoms with E-state index >= 15 is 0 Å². The Balaban J connectivity index is 3.15. The molecule has 0 amide bonds. The number of pyridine rings is 1. The van der Waals surface area contributed by atoms with Crippen LogP contribution in [0.3, 0.4) is 0 Å². The van der Waals surface area contributed by atoms with Gasteiger partial charge in [0.15, 0.2) is 0 Å². The van der Waals surface area contributed by atoms with Crippen molar-refractivity contribution in [3.63, 3.8) is 0 Å². The summed E-state index contributed by atoms with van der Waals surface area (Å²) >= 11 is 5.70. The normalized spacial score (nSPS) is 8.82. The van der Waals surface area contributed by atoms with E-state index in [0.717, 1.165) is 0 Å². The SMILES string of the molecule is C#Cc1ccc(Cl)c(OC)n1. The predicted octanol–water partition coefficient (Wildman–Crippen LogP) is 1.72. The summed E-state index contributed by atoms with van der Waals surface area (Å²) in [5, 5.41) is 0.464. The first-order valence-electron chi connectivity index (χ1n) is 2.95. The number of hydrogen-bond acceptors (Lipinski definition) is 2. The highest BCUT2D eigenvalue weighted by molar-refractivity contribution is 6.31. The van der Waals surface area contributed by atoms with Crippen molar-refractivity contribution in [1.82, 2.24) is 4.98 Å². The molecule has 0 bridgehead atoms. The van der Waals surface area contributed by atoms with E-state index in [1.807, 2.05) is 0 Å². The standard InChI is InChI=1S/C8H6ClNO/c1-3-6-4-5-7(9)8(10-6)11-2/h1,4-5H,2H3. The molecule has 1 aromatic heterocycles. The van der Waals surface area contributed by atoms with Gasteiger partial charge in [0, 0.05) is 0 Å². The third-order valence-electron chi connectivity index (χ3n) is 1.16. The second-order valence-electron chi connectivity index (χ2n) is 1.83. The molecule has 56 valence electrons. The molecule has 0 saturated carbocycles. The van der Waals surface area contributed by atoms with Crippen LogP contribution >= 0.6 is 11.6 Å². The lowest BCUT2D eigenvalue weighted by molar-refractivity contribution is 0.398. The molecule has 0 unspecified atom stereocenters. The average Bonchev–Trinajstić information content (AvgIpc) is 2.05. The maximum Gasteiger partial charge on any atom is 0.233 e. The van der Waals surface area contributed by atoms with Gasteiger partial charge in [0.1, 0.15) is 10.7 Å². The van der Waals surface area contributed by atoms with E-state index in [1.54, 1.807) is 12.1 Å². The van der Waals surface area contributed by atoms with Gasteiger partial charge in [-0.25, -0.2) is 4.98 Å². The molecule has 0 aliphatic heterocycles. The molecular formula is C8H6ClNO. The van der Waals surface area contributed by atoms with Crippen LogP contribution in [-0.2, 0) is 0 Å². The second-order valence-corrected chi connectivity index (χ2v) is 2.24. The van der Waals surface area contributed by atoms with Crippen LogP contribution in [0.1, 0.15) is 5.69 Å². The quantitative estimate of drug-likeness (QED) is 0.595. The van der Waals surface area contributed by atoms with Crippen LogP contribution in [0, 0.1) is 12.3 Å². The number of rotatable bonds is 1. The van der Waals surface area contributed by atoms with Crippen molar-refractivity contribution in [1.29, 1.82) is 0 Å². The van der Waals surface area contributed by atoms with E-state index < -0.39 is 0 Å². The van der Waals surface area contributed by atoms with Crippen molar-refractivity contribution in [3.8, 4) is 18.2 Å². The lowest BCUT2D eigenvalue weighted by Gasteiger charge is -2.00. The number of nitrogens with zero attached hydrogens (tertiary/aromatic N) is 1. The van der Waals surface area contributed by atoms with Gasteiger partial charge in [0.05, 0.1) is 7.11 Å². The lowest BCUT2D eigenvalue weighted by Crippen LogP contribution is -1.90. The van der Waals surface area contributed by atoms with Crippen molar-refractivity contribution in [3.05, 3.63) is 22.8 Å². The van der Waals surface area contributed by atoms with Gasteiger partial charge in [-0.15, -0.1) is 6.42 Å². The van der Waals surface area contributed by atoms with Gasteiger partial charge in [-0.2, -0.15) is 0 Å². The summed E-state index contributed by atoms with van der Waals surface area (Å²) in [5.41, 5.74) is 0.520. The first kappa shape index (κ1) is 7.90. The van der Waals surface area contributed by atoms with Gasteiger partial charge >= 0.3 is 0 Å². The minimum absolute atomic E-state index is 0.363. The zero-order valence-electron chi connectivity index (χ0n) is 5.97. The van der Waals surface area contributed by atoms with Crippen LogP contribution in [0.2, 0.25) is 5.02 Å². The van der Waals surface area contributed by atoms with E-state index in [1.165, 1.54) is 7.11 Å². The number of halogens is 1. The van der Waals surface area contributed by atoms with Gasteiger partial charge in [0.2, 0.25) is 5.88 Å². The Kier molecular flexibility index (Phi) is 2.35. The van der Waals surface area contributed by atoms with E-state index in [2.05, 4.69) is 10.9 Å². The monoisotopic (exact) mass is 167 g/mol. The lowest BCUT2D eigenvalue weighted by atomic mass is 10.3. The number of ether oxygens (including phenoxy) is 1. The molecule has 0 spiro atoms. The smallest absolute Gasteiger partial charge is 0.233 e. The van der Waals surface area contributed by atoms with Gasteiger partial charge in [-0.3, -0.25) is 0 Å². The predicted molar refractivity (Wildman–Crippen MR) is 43.7 cm³/mol. The summed E-state index contributed by atoms with van der Waals surface area (Å²) in [6.45, 7) is 0. The Bertz CT molecular complexity index is 303. The second kappa shape index (κ2) is 3.27. The number of hydrogen-bond donors (Lipinski definition) is 0. The number of terminal acetylenes is 1. The van der Waals surface area contributed by atoms with Crippen LogP contribution in [0.15, 0.2) is 12.1 Å². The van der Waals surface area contributed by atoms with Crippen molar-refractivity contribution in [2.45, 2.75) is 0 Å². The van der Waals surface area contributed by atoms with Crippen LogP contribution in [0.25, 0.3) is 0 Å². The molecule has 0 aromatic carbocycles. The van der Waals surface area contributed by atoms with E-state index in [0.29, 0.717) is 16.6 Å². The van der Waals surface area contributed by atoms with Gasteiger partial charge in [0.25, 0.3) is 0 Å². The topological polar surface area (TPSA) is 22.1 Å². The summed E-state index contributed by atoms with van der Waals surface area (Å²) in [7, 11) is 1.49. The van der Waals surface area contributed by atoms with E-state index in [9.17, 15) is 0 Å². The minimum atomic E-state index is 0.363. The molecule has 0 saturated heterocycles. The Morgan fingerprint density at radius 1 is 1.64 bits per heavy atom. The zero-order valence-corrected chi connectivity index (χ0v) is 6.72. The Morgan fingerprint density at radius 2 is 2.36 bits per heavy atom. The largest absolute Gasteiger partial charge is 0.480 e. The molecular weight excluding hydrogens is 162 g/mol. The highest BCUT2D eigenvalue weighted by Gasteiger charge is 2.00. The Morgan fingerprint density at radius 3 is 2.91 bits per heavy atom. The van der Waals surface area contributed by atoms with Crippen LogP contribution in [-0.4, -0.2) is 12.1 Å². The molecule has 0 aliphatic rings.